The number of aromatic nitrogens is 1. The molecular formula is C31H32N2O6S. The summed E-state index contributed by atoms with van der Waals surface area (Å²) in [5, 5.41) is 11.7. The van der Waals surface area contributed by atoms with E-state index in [0.717, 1.165) is 16.9 Å². The van der Waals surface area contributed by atoms with Crippen LogP contribution in [0.3, 0.4) is 0 Å². The molecule has 2 heterocycles. The SMILES string of the molecule is C=CCOC(=O)c1sc(N2C(=O)C(=O)C(=C(O)c3ccc(OC)cc3C)[C@H]2c2ccc(C(C)(C)C)cc2)nc1C. The van der Waals surface area contributed by atoms with Gasteiger partial charge in [-0.1, -0.05) is 69.0 Å². The number of anilines is 1. The van der Waals surface area contributed by atoms with Crippen molar-refractivity contribution in [2.24, 2.45) is 0 Å². The number of Topliss-reactive ketones (excluding diaryl/α,β-unsaturated/α-hetero) is 1. The molecule has 1 aromatic heterocycles. The van der Waals surface area contributed by atoms with Gasteiger partial charge in [0.05, 0.1) is 24.4 Å². The van der Waals surface area contributed by atoms with Gasteiger partial charge in [0, 0.05) is 5.56 Å². The Balaban J connectivity index is 1.91. The van der Waals surface area contributed by atoms with Crippen molar-refractivity contribution in [3.8, 4) is 5.75 Å². The third-order valence-corrected chi connectivity index (χ3v) is 7.87. The first-order chi connectivity index (χ1) is 18.9. The molecule has 0 aliphatic carbocycles. The smallest absolute Gasteiger partial charge is 0.350 e. The van der Waals surface area contributed by atoms with Gasteiger partial charge in [0.1, 0.15) is 23.0 Å². The standard InChI is InChI=1S/C31H32N2O6S/c1-8-15-39-29(37)27-18(3)32-30(40-27)33-24(19-9-11-20(12-10-19)31(4,5)6)23(26(35)28(33)36)25(34)22-14-13-21(38-7)16-17(22)2/h8-14,16,24,34H,1,15H2,2-7H3/t24-/m1/s1. The van der Waals surface area contributed by atoms with E-state index in [4.69, 9.17) is 9.47 Å². The average molecular weight is 561 g/mol. The fourth-order valence-corrected chi connectivity index (χ4v) is 5.55. The number of thiazole rings is 1. The van der Waals surface area contributed by atoms with E-state index in [1.807, 2.05) is 24.3 Å². The maximum Gasteiger partial charge on any atom is 0.350 e. The number of methoxy groups -OCH3 is 1. The summed E-state index contributed by atoms with van der Waals surface area (Å²) in [4.78, 5) is 45.6. The highest BCUT2D eigenvalue weighted by Gasteiger charge is 2.48. The van der Waals surface area contributed by atoms with Crippen molar-refractivity contribution in [1.29, 1.82) is 0 Å². The van der Waals surface area contributed by atoms with E-state index in [9.17, 15) is 19.5 Å². The van der Waals surface area contributed by atoms with Crippen molar-refractivity contribution >= 4 is 39.9 Å². The summed E-state index contributed by atoms with van der Waals surface area (Å²) in [5.41, 5.74) is 2.93. The van der Waals surface area contributed by atoms with Crippen LogP contribution in [0.4, 0.5) is 5.13 Å². The van der Waals surface area contributed by atoms with E-state index in [1.54, 1.807) is 39.2 Å². The van der Waals surface area contributed by atoms with Crippen molar-refractivity contribution in [3.05, 3.63) is 93.5 Å². The highest BCUT2D eigenvalue weighted by molar-refractivity contribution is 7.17. The minimum atomic E-state index is -0.974. The summed E-state index contributed by atoms with van der Waals surface area (Å²) < 4.78 is 10.4. The normalized spacial score (nSPS) is 16.8. The second kappa shape index (κ2) is 11.1. The largest absolute Gasteiger partial charge is 0.507 e. The highest BCUT2D eigenvalue weighted by atomic mass is 32.1. The lowest BCUT2D eigenvalue weighted by molar-refractivity contribution is -0.132. The second-order valence-electron chi connectivity index (χ2n) is 10.5. The van der Waals surface area contributed by atoms with Crippen LogP contribution in [0.1, 0.15) is 64.4 Å². The number of benzene rings is 2. The summed E-state index contributed by atoms with van der Waals surface area (Å²) in [5.74, 6) is -2.00. The van der Waals surface area contributed by atoms with Crippen LogP contribution >= 0.6 is 11.3 Å². The maximum absolute atomic E-state index is 13.6. The maximum atomic E-state index is 13.6. The van der Waals surface area contributed by atoms with Gasteiger partial charge in [0.15, 0.2) is 5.13 Å². The topological polar surface area (TPSA) is 106 Å². The molecule has 3 aromatic rings. The Morgan fingerprint density at radius 1 is 1.15 bits per heavy atom. The van der Waals surface area contributed by atoms with Crippen molar-refractivity contribution in [3.63, 3.8) is 0 Å². The number of aryl methyl sites for hydroxylation is 2. The van der Waals surface area contributed by atoms with E-state index in [2.05, 4.69) is 32.3 Å². The average Bonchev–Trinajstić information content (AvgIpc) is 3.42. The lowest BCUT2D eigenvalue weighted by Gasteiger charge is -2.25. The third kappa shape index (κ3) is 5.29. The molecule has 9 heteroatoms. The van der Waals surface area contributed by atoms with E-state index in [1.165, 1.54) is 11.0 Å². The van der Waals surface area contributed by atoms with Crippen LogP contribution in [0.5, 0.6) is 5.75 Å². The summed E-state index contributed by atoms with van der Waals surface area (Å²) in [6.45, 7) is 13.3. The van der Waals surface area contributed by atoms with E-state index in [-0.39, 0.29) is 33.4 Å². The molecule has 0 saturated carbocycles. The zero-order valence-corrected chi connectivity index (χ0v) is 24.2. The lowest BCUT2D eigenvalue weighted by atomic mass is 9.85. The summed E-state index contributed by atoms with van der Waals surface area (Å²) >= 11 is 0.957. The number of carbonyl (C=O) groups is 3. The number of aliphatic hydroxyl groups is 1. The highest BCUT2D eigenvalue weighted by Crippen LogP contribution is 2.44. The first kappa shape index (κ1) is 28.8. The van der Waals surface area contributed by atoms with E-state index in [0.29, 0.717) is 28.1 Å². The van der Waals surface area contributed by atoms with Gasteiger partial charge in [0.2, 0.25) is 0 Å². The molecule has 0 unspecified atom stereocenters. The molecule has 208 valence electrons. The Labute approximate surface area is 237 Å². The number of hydrogen-bond donors (Lipinski definition) is 1. The van der Waals surface area contributed by atoms with Gasteiger partial charge in [-0.15, -0.1) is 0 Å². The molecule has 1 N–H and O–H groups in total. The van der Waals surface area contributed by atoms with Crippen LogP contribution in [-0.4, -0.2) is 41.5 Å². The van der Waals surface area contributed by atoms with Crippen LogP contribution in [0, 0.1) is 13.8 Å². The van der Waals surface area contributed by atoms with Crippen molar-refractivity contribution < 1.29 is 29.0 Å². The Morgan fingerprint density at radius 2 is 1.82 bits per heavy atom. The predicted molar refractivity (Wildman–Crippen MR) is 155 cm³/mol. The van der Waals surface area contributed by atoms with Crippen LogP contribution in [0.25, 0.3) is 5.76 Å². The quantitative estimate of drug-likeness (QED) is 0.124. The Hall–Kier alpha value is -4.24. The molecule has 1 saturated heterocycles. The van der Waals surface area contributed by atoms with Crippen LogP contribution < -0.4 is 9.64 Å². The molecular weight excluding hydrogens is 528 g/mol. The second-order valence-corrected chi connectivity index (χ2v) is 11.5. The lowest BCUT2D eigenvalue weighted by Crippen LogP contribution is -2.29. The fourth-order valence-electron chi connectivity index (χ4n) is 4.56. The Kier molecular flexibility index (Phi) is 7.98. The fraction of sp³-hybridized carbons (Fsp3) is 0.290. The number of esters is 1. The number of rotatable bonds is 7. The molecule has 1 amide bonds. The minimum absolute atomic E-state index is 0.0252. The zero-order chi connectivity index (χ0) is 29.4. The molecule has 1 aliphatic rings. The number of aliphatic hydroxyl groups excluding tert-OH is 1. The van der Waals surface area contributed by atoms with Gasteiger partial charge in [-0.3, -0.25) is 14.5 Å². The van der Waals surface area contributed by atoms with Crippen LogP contribution in [0.15, 0.2) is 60.7 Å². The monoisotopic (exact) mass is 560 g/mol. The number of ketones is 1. The first-order valence-electron chi connectivity index (χ1n) is 12.7. The van der Waals surface area contributed by atoms with E-state index < -0.39 is 23.7 Å². The van der Waals surface area contributed by atoms with Gasteiger partial charge in [-0.2, -0.15) is 0 Å². The zero-order valence-electron chi connectivity index (χ0n) is 23.4. The Morgan fingerprint density at radius 3 is 2.40 bits per heavy atom. The number of carbonyl (C=O) groups excluding carboxylic acids is 3. The van der Waals surface area contributed by atoms with Gasteiger partial charge < -0.3 is 14.6 Å². The first-order valence-corrected chi connectivity index (χ1v) is 13.5. The molecule has 0 radical (unpaired) electrons. The van der Waals surface area contributed by atoms with Crippen molar-refractivity contribution in [1.82, 2.24) is 4.98 Å². The van der Waals surface area contributed by atoms with Gasteiger partial charge in [0.25, 0.3) is 5.78 Å². The Bertz CT molecular complexity index is 1530. The molecule has 2 aromatic carbocycles. The molecule has 1 fully saturated rings. The molecule has 0 spiro atoms. The summed E-state index contributed by atoms with van der Waals surface area (Å²) in [6, 6.07) is 11.7. The number of amides is 1. The minimum Gasteiger partial charge on any atom is -0.507 e. The van der Waals surface area contributed by atoms with Crippen molar-refractivity contribution in [2.75, 3.05) is 18.6 Å². The number of ether oxygens (including phenoxy) is 2. The van der Waals surface area contributed by atoms with Crippen LogP contribution in [0.2, 0.25) is 0 Å². The number of hydrogen-bond acceptors (Lipinski definition) is 8. The molecule has 8 nitrogen and oxygen atoms in total. The van der Waals surface area contributed by atoms with Gasteiger partial charge >= 0.3 is 11.9 Å². The summed E-state index contributed by atoms with van der Waals surface area (Å²) in [6.07, 6.45) is 1.45. The molecule has 1 aliphatic heterocycles. The van der Waals surface area contributed by atoms with Gasteiger partial charge in [-0.25, -0.2) is 9.78 Å². The van der Waals surface area contributed by atoms with E-state index >= 15 is 0 Å². The van der Waals surface area contributed by atoms with Crippen molar-refractivity contribution in [2.45, 2.75) is 46.1 Å². The summed E-state index contributed by atoms with van der Waals surface area (Å²) in [7, 11) is 1.54. The molecule has 0 bridgehead atoms. The predicted octanol–water partition coefficient (Wildman–Crippen LogP) is 6.04. The number of nitrogens with zero attached hydrogens (tertiary/aromatic N) is 2. The third-order valence-electron chi connectivity index (χ3n) is 6.73. The molecule has 4 rings (SSSR count). The van der Waals surface area contributed by atoms with Crippen LogP contribution in [-0.2, 0) is 19.7 Å². The molecule has 40 heavy (non-hydrogen) atoms. The van der Waals surface area contributed by atoms with Gasteiger partial charge in [-0.05, 0) is 54.2 Å². The molecule has 1 atom stereocenters.